The Kier molecular flexibility index (Phi) is 4.66. The van der Waals surface area contributed by atoms with Gasteiger partial charge in [-0.15, -0.1) is 0 Å². The van der Waals surface area contributed by atoms with Crippen LogP contribution in [0.3, 0.4) is 0 Å². The first-order valence-corrected chi connectivity index (χ1v) is 9.35. The summed E-state index contributed by atoms with van der Waals surface area (Å²) in [6, 6.07) is 15.7. The smallest absolute Gasteiger partial charge is 0.258 e. The van der Waals surface area contributed by atoms with Crippen molar-refractivity contribution in [3.8, 4) is 0 Å². The Bertz CT molecular complexity index is 1010. The van der Waals surface area contributed by atoms with Gasteiger partial charge in [0.15, 0.2) is 0 Å². The summed E-state index contributed by atoms with van der Waals surface area (Å²) in [5.41, 5.74) is 4.14. The van der Waals surface area contributed by atoms with Crippen molar-refractivity contribution in [1.29, 1.82) is 0 Å². The summed E-state index contributed by atoms with van der Waals surface area (Å²) in [5.74, 6) is -0.391. The molecule has 1 N–H and O–H groups in total. The van der Waals surface area contributed by atoms with Crippen molar-refractivity contribution < 1.29 is 9.18 Å². The van der Waals surface area contributed by atoms with Gasteiger partial charge in [-0.3, -0.25) is 9.78 Å². The summed E-state index contributed by atoms with van der Waals surface area (Å²) >= 11 is 3.58. The van der Waals surface area contributed by atoms with Crippen LogP contribution in [-0.2, 0) is 6.54 Å². The molecule has 1 amide bonds. The maximum Gasteiger partial charge on any atom is 0.258 e. The highest BCUT2D eigenvalue weighted by Gasteiger charge is 2.38. The molecule has 1 aliphatic rings. The fraction of sp³-hybridized carbons (Fsp3) is 0.143. The molecule has 0 saturated carbocycles. The lowest BCUT2D eigenvalue weighted by Crippen LogP contribution is -2.32. The molecule has 136 valence electrons. The molecule has 27 heavy (non-hydrogen) atoms. The number of halogens is 2. The number of aromatic nitrogens is 1. The molecule has 0 aliphatic carbocycles. The van der Waals surface area contributed by atoms with E-state index in [1.165, 1.54) is 12.1 Å². The van der Waals surface area contributed by atoms with E-state index in [4.69, 9.17) is 0 Å². The van der Waals surface area contributed by atoms with Crippen molar-refractivity contribution in [3.63, 3.8) is 0 Å². The Hall–Kier alpha value is -2.73. The van der Waals surface area contributed by atoms with Crippen molar-refractivity contribution in [3.05, 3.63) is 93.5 Å². The predicted octanol–water partition coefficient (Wildman–Crippen LogP) is 5.06. The zero-order valence-corrected chi connectivity index (χ0v) is 16.2. The molecule has 3 aromatic rings. The summed E-state index contributed by atoms with van der Waals surface area (Å²) in [5, 5.41) is 3.43. The van der Waals surface area contributed by atoms with Crippen LogP contribution >= 0.6 is 15.9 Å². The summed E-state index contributed by atoms with van der Waals surface area (Å²) in [4.78, 5) is 19.1. The number of nitrogens with one attached hydrogen (secondary N) is 1. The summed E-state index contributed by atoms with van der Waals surface area (Å²) in [6.07, 6.45) is 1.28. The Labute approximate surface area is 165 Å². The number of carbonyl (C=O) groups is 1. The Balaban J connectivity index is 1.70. The molecule has 0 spiro atoms. The number of pyridine rings is 1. The molecule has 4 rings (SSSR count). The molecule has 0 saturated heterocycles. The van der Waals surface area contributed by atoms with E-state index in [0.29, 0.717) is 17.8 Å². The standard InChI is InChI=1S/C21H17BrFN3O/c1-13-4-9-18(17(22)11-13)25-20-19-16(3-2-10-24-19)21(27)26(20)12-14-5-7-15(23)8-6-14/h2-11,20,25H,12H2,1H3. The van der Waals surface area contributed by atoms with Gasteiger partial charge in [0.05, 0.1) is 16.9 Å². The van der Waals surface area contributed by atoms with Crippen molar-refractivity contribution in [1.82, 2.24) is 9.88 Å². The molecular formula is C21H17BrFN3O. The Morgan fingerprint density at radius 3 is 2.70 bits per heavy atom. The molecule has 0 fully saturated rings. The number of anilines is 1. The minimum absolute atomic E-state index is 0.0943. The number of aryl methyl sites for hydroxylation is 1. The Morgan fingerprint density at radius 2 is 1.96 bits per heavy atom. The third-order valence-electron chi connectivity index (χ3n) is 4.58. The molecule has 1 unspecified atom stereocenters. The molecule has 2 heterocycles. The van der Waals surface area contributed by atoms with E-state index in [1.54, 1.807) is 35.4 Å². The molecule has 2 aromatic carbocycles. The third kappa shape index (κ3) is 3.45. The minimum atomic E-state index is -0.405. The van der Waals surface area contributed by atoms with Gasteiger partial charge in [0.2, 0.25) is 0 Å². The van der Waals surface area contributed by atoms with E-state index in [1.807, 2.05) is 25.1 Å². The van der Waals surface area contributed by atoms with Gasteiger partial charge in [-0.05, 0) is 70.4 Å². The zero-order chi connectivity index (χ0) is 19.0. The quantitative estimate of drug-likeness (QED) is 0.635. The normalized spacial score (nSPS) is 15.7. The van der Waals surface area contributed by atoms with Gasteiger partial charge < -0.3 is 10.2 Å². The van der Waals surface area contributed by atoms with Crippen molar-refractivity contribution >= 4 is 27.5 Å². The fourth-order valence-corrected chi connectivity index (χ4v) is 3.82. The monoisotopic (exact) mass is 425 g/mol. The largest absolute Gasteiger partial charge is 0.359 e. The lowest BCUT2D eigenvalue weighted by Gasteiger charge is -2.27. The van der Waals surface area contributed by atoms with Crippen molar-refractivity contribution in [2.24, 2.45) is 0 Å². The van der Waals surface area contributed by atoms with Crippen LogP contribution in [-0.4, -0.2) is 15.8 Å². The average molecular weight is 426 g/mol. The number of fused-ring (bicyclic) bond motifs is 1. The lowest BCUT2D eigenvalue weighted by atomic mass is 10.2. The van der Waals surface area contributed by atoms with Crippen LogP contribution in [0.5, 0.6) is 0 Å². The number of amides is 1. The lowest BCUT2D eigenvalue weighted by molar-refractivity contribution is 0.0727. The first-order chi connectivity index (χ1) is 13.0. The van der Waals surface area contributed by atoms with Crippen molar-refractivity contribution in [2.75, 3.05) is 5.32 Å². The molecule has 0 bridgehead atoms. The molecule has 1 aliphatic heterocycles. The van der Waals surface area contributed by atoms with Crippen LogP contribution in [0.15, 0.2) is 65.3 Å². The first-order valence-electron chi connectivity index (χ1n) is 8.56. The fourth-order valence-electron chi connectivity index (χ4n) is 3.22. The van der Waals surface area contributed by atoms with E-state index in [9.17, 15) is 9.18 Å². The van der Waals surface area contributed by atoms with Crippen LogP contribution in [0.25, 0.3) is 0 Å². The van der Waals surface area contributed by atoms with Crippen LogP contribution in [0.4, 0.5) is 10.1 Å². The van der Waals surface area contributed by atoms with Gasteiger partial charge in [0.1, 0.15) is 12.0 Å². The Morgan fingerprint density at radius 1 is 1.19 bits per heavy atom. The van der Waals surface area contributed by atoms with Gasteiger partial charge in [0.25, 0.3) is 5.91 Å². The molecule has 1 atom stereocenters. The van der Waals surface area contributed by atoms with Crippen molar-refractivity contribution in [2.45, 2.75) is 19.6 Å². The van der Waals surface area contributed by atoms with Crippen LogP contribution in [0.1, 0.15) is 33.3 Å². The topological polar surface area (TPSA) is 45.2 Å². The molecule has 6 heteroatoms. The number of carbonyl (C=O) groups excluding carboxylic acids is 1. The molecular weight excluding hydrogens is 409 g/mol. The van der Waals surface area contributed by atoms with Gasteiger partial charge >= 0.3 is 0 Å². The maximum absolute atomic E-state index is 13.2. The third-order valence-corrected chi connectivity index (χ3v) is 5.24. The summed E-state index contributed by atoms with van der Waals surface area (Å²) < 4.78 is 14.1. The summed E-state index contributed by atoms with van der Waals surface area (Å²) in [6.45, 7) is 2.38. The number of hydrogen-bond donors (Lipinski definition) is 1. The number of nitrogens with zero attached hydrogens (tertiary/aromatic N) is 2. The van der Waals surface area contributed by atoms with Crippen LogP contribution in [0, 0.1) is 12.7 Å². The molecule has 1 aromatic heterocycles. The van der Waals surface area contributed by atoms with Gasteiger partial charge in [-0.2, -0.15) is 0 Å². The highest BCUT2D eigenvalue weighted by atomic mass is 79.9. The summed E-state index contributed by atoms with van der Waals surface area (Å²) in [7, 11) is 0. The number of hydrogen-bond acceptors (Lipinski definition) is 3. The van der Waals surface area contributed by atoms with E-state index in [0.717, 1.165) is 21.3 Å². The van der Waals surface area contributed by atoms with Crippen LogP contribution < -0.4 is 5.32 Å². The second kappa shape index (κ2) is 7.12. The van der Waals surface area contributed by atoms with E-state index >= 15 is 0 Å². The zero-order valence-electron chi connectivity index (χ0n) is 14.6. The van der Waals surface area contributed by atoms with E-state index in [2.05, 4.69) is 26.2 Å². The van der Waals surface area contributed by atoms with E-state index in [-0.39, 0.29) is 11.7 Å². The van der Waals surface area contributed by atoms with Gasteiger partial charge in [-0.1, -0.05) is 18.2 Å². The highest BCUT2D eigenvalue weighted by molar-refractivity contribution is 9.10. The number of rotatable bonds is 4. The first kappa shape index (κ1) is 17.7. The van der Waals surface area contributed by atoms with Gasteiger partial charge in [-0.25, -0.2) is 4.39 Å². The second-order valence-electron chi connectivity index (χ2n) is 6.53. The minimum Gasteiger partial charge on any atom is -0.359 e. The van der Waals surface area contributed by atoms with E-state index < -0.39 is 6.17 Å². The van der Waals surface area contributed by atoms with Gasteiger partial charge in [0, 0.05) is 17.2 Å². The van der Waals surface area contributed by atoms with Crippen LogP contribution in [0.2, 0.25) is 0 Å². The second-order valence-corrected chi connectivity index (χ2v) is 7.38. The average Bonchev–Trinajstić information content (AvgIpc) is 2.92. The maximum atomic E-state index is 13.2. The number of benzene rings is 2. The molecule has 0 radical (unpaired) electrons. The molecule has 4 nitrogen and oxygen atoms in total. The predicted molar refractivity (Wildman–Crippen MR) is 106 cm³/mol. The highest BCUT2D eigenvalue weighted by Crippen LogP contribution is 2.36. The SMILES string of the molecule is Cc1ccc(NC2c3ncccc3C(=O)N2Cc2ccc(F)cc2)c(Br)c1.